The van der Waals surface area contributed by atoms with Crippen molar-refractivity contribution in [2.24, 2.45) is 46.7 Å². The topological polar surface area (TPSA) is 60.9 Å². The number of aromatic nitrogens is 2. The van der Waals surface area contributed by atoms with Gasteiger partial charge in [-0.3, -0.25) is 9.48 Å². The Kier molecular flexibility index (Phi) is 4.73. The summed E-state index contributed by atoms with van der Waals surface area (Å²) in [5.41, 5.74) is 7.94. The summed E-state index contributed by atoms with van der Waals surface area (Å²) in [5.74, 6) is 4.90. The Hall–Kier alpha value is -1.16. The predicted molar refractivity (Wildman–Crippen MR) is 115 cm³/mol. The molecule has 4 fully saturated rings. The van der Waals surface area contributed by atoms with Gasteiger partial charge in [-0.15, -0.1) is 0 Å². The van der Waals surface area contributed by atoms with E-state index in [1.807, 2.05) is 24.0 Å². The minimum absolute atomic E-state index is 0.0624. The monoisotopic (exact) mass is 397 g/mol. The third-order valence-corrected chi connectivity index (χ3v) is 9.76. The molecule has 0 saturated heterocycles. The summed E-state index contributed by atoms with van der Waals surface area (Å²) in [4.78, 5) is 13.3. The second-order valence-corrected chi connectivity index (χ2v) is 11.7. The van der Waals surface area contributed by atoms with Crippen LogP contribution in [0.5, 0.6) is 0 Å². The number of carbonyl (C=O) groups is 1. The number of hydrogen-bond donors (Lipinski definition) is 1. The molecule has 4 aliphatic rings. The van der Waals surface area contributed by atoms with Crippen LogP contribution in [0.3, 0.4) is 0 Å². The van der Waals surface area contributed by atoms with Gasteiger partial charge >= 0.3 is 0 Å². The van der Waals surface area contributed by atoms with Crippen LogP contribution in [0.25, 0.3) is 0 Å². The van der Waals surface area contributed by atoms with E-state index in [0.29, 0.717) is 12.3 Å². The molecule has 0 spiro atoms. The summed E-state index contributed by atoms with van der Waals surface area (Å²) in [6, 6.07) is 0. The van der Waals surface area contributed by atoms with E-state index in [0.717, 1.165) is 41.6 Å². The third kappa shape index (κ3) is 3.30. The van der Waals surface area contributed by atoms with Crippen LogP contribution in [0.1, 0.15) is 77.2 Å². The Morgan fingerprint density at radius 3 is 2.66 bits per heavy atom. The highest BCUT2D eigenvalue weighted by Crippen LogP contribution is 2.64. The molecule has 4 saturated carbocycles. The molecular formula is C25H39N3O. The van der Waals surface area contributed by atoms with Gasteiger partial charge in [0.25, 0.3) is 0 Å². The normalized spacial score (nSPS) is 46.6. The summed E-state index contributed by atoms with van der Waals surface area (Å²) in [6.45, 7) is 7.22. The van der Waals surface area contributed by atoms with Crippen molar-refractivity contribution >= 4 is 5.78 Å². The van der Waals surface area contributed by atoms with Crippen LogP contribution in [0.4, 0.5) is 0 Å². The van der Waals surface area contributed by atoms with Crippen LogP contribution >= 0.6 is 0 Å². The Labute approximate surface area is 176 Å². The van der Waals surface area contributed by atoms with Gasteiger partial charge in [0.1, 0.15) is 0 Å². The number of nitrogens with two attached hydrogens (primary N) is 1. The molecule has 0 aromatic carbocycles. The zero-order chi connectivity index (χ0) is 20.4. The SMILES string of the molecule is Cc1cnn(CC(=O)[C@H]2CC[C@H]3[C@@H]4CC[C@@H]5C[C@@](C)(N)CC[C@@H]5C4CC[C@]23C)c1. The number of ketones is 1. The average molecular weight is 398 g/mol. The molecule has 0 radical (unpaired) electrons. The molecule has 1 unspecified atom stereocenters. The molecule has 0 bridgehead atoms. The first kappa shape index (κ1) is 19.8. The highest BCUT2D eigenvalue weighted by atomic mass is 16.1. The third-order valence-electron chi connectivity index (χ3n) is 9.76. The van der Waals surface area contributed by atoms with Gasteiger partial charge in [-0.2, -0.15) is 5.10 Å². The van der Waals surface area contributed by atoms with Crippen molar-refractivity contribution in [3.63, 3.8) is 0 Å². The summed E-state index contributed by atoms with van der Waals surface area (Å²) in [5, 5.41) is 4.36. The van der Waals surface area contributed by atoms with Crippen LogP contribution < -0.4 is 5.73 Å². The van der Waals surface area contributed by atoms with Gasteiger partial charge in [0.05, 0.1) is 12.7 Å². The van der Waals surface area contributed by atoms with Crippen molar-refractivity contribution in [1.82, 2.24) is 9.78 Å². The van der Waals surface area contributed by atoms with Gasteiger partial charge in [-0.1, -0.05) is 6.92 Å². The number of rotatable bonds is 3. The molecule has 1 aromatic heterocycles. The second-order valence-electron chi connectivity index (χ2n) is 11.7. The number of carbonyl (C=O) groups excluding carboxylic acids is 1. The standard InChI is InChI=1S/C25H39N3O/c1-16-13-27-28(14-16)15-23(29)22-7-6-21-20-5-4-17-12-24(2,26)10-8-18(17)19(20)9-11-25(21,22)3/h13-14,17-22H,4-12,15,26H2,1-3H3/t17-,18+,19?,20-,21+,22-,24+,25+/m1/s1. The minimum atomic E-state index is 0.0624. The zero-order valence-corrected chi connectivity index (χ0v) is 18.6. The van der Waals surface area contributed by atoms with Gasteiger partial charge in [0, 0.05) is 17.7 Å². The maximum atomic E-state index is 13.3. The van der Waals surface area contributed by atoms with Crippen molar-refractivity contribution in [2.45, 2.75) is 90.6 Å². The van der Waals surface area contributed by atoms with E-state index in [9.17, 15) is 4.79 Å². The molecule has 1 heterocycles. The van der Waals surface area contributed by atoms with Gasteiger partial charge in [-0.05, 0) is 112 Å². The predicted octanol–water partition coefficient (Wildman–Crippen LogP) is 4.75. The highest BCUT2D eigenvalue weighted by Gasteiger charge is 2.58. The molecule has 1 aromatic rings. The van der Waals surface area contributed by atoms with E-state index in [2.05, 4.69) is 18.9 Å². The summed E-state index contributed by atoms with van der Waals surface area (Å²) in [7, 11) is 0. The minimum Gasteiger partial charge on any atom is -0.325 e. The van der Waals surface area contributed by atoms with E-state index in [1.165, 1.54) is 51.4 Å². The largest absolute Gasteiger partial charge is 0.325 e. The molecule has 2 N–H and O–H groups in total. The molecule has 29 heavy (non-hydrogen) atoms. The van der Waals surface area contributed by atoms with Crippen molar-refractivity contribution in [3.8, 4) is 0 Å². The Morgan fingerprint density at radius 2 is 1.90 bits per heavy atom. The Bertz CT molecular complexity index is 783. The van der Waals surface area contributed by atoms with Gasteiger partial charge < -0.3 is 5.73 Å². The van der Waals surface area contributed by atoms with Crippen LogP contribution in [-0.4, -0.2) is 21.1 Å². The lowest BCUT2D eigenvalue weighted by Gasteiger charge is -2.57. The highest BCUT2D eigenvalue weighted by molar-refractivity contribution is 5.82. The second kappa shape index (κ2) is 6.93. The van der Waals surface area contributed by atoms with Gasteiger partial charge in [0.2, 0.25) is 0 Å². The first-order chi connectivity index (χ1) is 13.8. The Balaban J connectivity index is 1.31. The lowest BCUT2D eigenvalue weighted by atomic mass is 9.48. The lowest BCUT2D eigenvalue weighted by molar-refractivity contribution is -0.131. The zero-order valence-electron chi connectivity index (χ0n) is 18.6. The molecule has 4 heteroatoms. The molecule has 160 valence electrons. The molecular weight excluding hydrogens is 358 g/mol. The molecule has 0 amide bonds. The lowest BCUT2D eigenvalue weighted by Crippen LogP contribution is -2.52. The van der Waals surface area contributed by atoms with Crippen molar-refractivity contribution in [2.75, 3.05) is 0 Å². The molecule has 8 atom stereocenters. The summed E-state index contributed by atoms with van der Waals surface area (Å²) >= 11 is 0. The number of aryl methyl sites for hydroxylation is 1. The van der Waals surface area contributed by atoms with E-state index >= 15 is 0 Å². The van der Waals surface area contributed by atoms with Crippen molar-refractivity contribution in [1.29, 1.82) is 0 Å². The number of hydrogen-bond acceptors (Lipinski definition) is 3. The smallest absolute Gasteiger partial charge is 0.157 e. The maximum absolute atomic E-state index is 13.3. The molecule has 4 aliphatic carbocycles. The van der Waals surface area contributed by atoms with Crippen LogP contribution in [-0.2, 0) is 11.3 Å². The maximum Gasteiger partial charge on any atom is 0.157 e. The fraction of sp³-hybridized carbons (Fsp3) is 0.840. The molecule has 4 nitrogen and oxygen atoms in total. The van der Waals surface area contributed by atoms with Crippen LogP contribution in [0, 0.1) is 47.8 Å². The quantitative estimate of drug-likeness (QED) is 0.801. The number of Topliss-reactive ketones (excluding diaryl/α,β-unsaturated/α-hetero) is 1. The fourth-order valence-electron chi connectivity index (χ4n) is 8.49. The van der Waals surface area contributed by atoms with Gasteiger partial charge in [-0.25, -0.2) is 0 Å². The van der Waals surface area contributed by atoms with Gasteiger partial charge in [0.15, 0.2) is 5.78 Å². The van der Waals surface area contributed by atoms with Crippen LogP contribution in [0.2, 0.25) is 0 Å². The Morgan fingerprint density at radius 1 is 1.10 bits per heavy atom. The first-order valence-corrected chi connectivity index (χ1v) is 12.1. The van der Waals surface area contributed by atoms with Crippen LogP contribution in [0.15, 0.2) is 12.4 Å². The van der Waals surface area contributed by atoms with Crippen molar-refractivity contribution < 1.29 is 4.79 Å². The first-order valence-electron chi connectivity index (χ1n) is 12.1. The van der Waals surface area contributed by atoms with E-state index in [4.69, 9.17) is 5.73 Å². The molecule has 5 rings (SSSR count). The van der Waals surface area contributed by atoms with E-state index in [1.54, 1.807) is 0 Å². The molecule has 0 aliphatic heterocycles. The number of nitrogens with zero attached hydrogens (tertiary/aromatic N) is 2. The average Bonchev–Trinajstić information content (AvgIpc) is 3.22. The van der Waals surface area contributed by atoms with Crippen molar-refractivity contribution in [3.05, 3.63) is 18.0 Å². The van der Waals surface area contributed by atoms with E-state index < -0.39 is 0 Å². The fourth-order valence-corrected chi connectivity index (χ4v) is 8.49. The number of fused-ring (bicyclic) bond motifs is 5. The van der Waals surface area contributed by atoms with E-state index in [-0.39, 0.29) is 16.9 Å². The summed E-state index contributed by atoms with van der Waals surface area (Å²) in [6.07, 6.45) is 15.3. The summed E-state index contributed by atoms with van der Waals surface area (Å²) < 4.78 is 1.84.